The summed E-state index contributed by atoms with van der Waals surface area (Å²) in [6.45, 7) is 7.95. The third kappa shape index (κ3) is 3.66. The Bertz CT molecular complexity index is 527. The van der Waals surface area contributed by atoms with Gasteiger partial charge in [0.05, 0.1) is 12.5 Å². The minimum absolute atomic E-state index is 0.0300. The number of rotatable bonds is 6. The second-order valence-corrected chi connectivity index (χ2v) is 5.14. The number of hydrogen-bond donors (Lipinski definition) is 2. The minimum Gasteiger partial charge on any atom is -0.466 e. The van der Waals surface area contributed by atoms with Gasteiger partial charge in [0, 0.05) is 19.6 Å². The molecule has 0 unspecified atom stereocenters. The average molecular weight is 305 g/mol. The maximum atomic E-state index is 11.8. The SMILES string of the molecule is C=CCNc1ncnc(N2CCC(C(=O)OCC)CC2)c1N. The molecule has 7 heteroatoms. The number of carbonyl (C=O) groups excluding carboxylic acids is 1. The highest BCUT2D eigenvalue weighted by Gasteiger charge is 2.27. The van der Waals surface area contributed by atoms with Crippen molar-refractivity contribution in [2.45, 2.75) is 19.8 Å². The summed E-state index contributed by atoms with van der Waals surface area (Å²) < 4.78 is 5.08. The summed E-state index contributed by atoms with van der Waals surface area (Å²) in [6, 6.07) is 0. The number of hydrogen-bond acceptors (Lipinski definition) is 7. The molecule has 0 atom stereocenters. The van der Waals surface area contributed by atoms with Gasteiger partial charge in [-0.3, -0.25) is 4.79 Å². The number of nitrogens with two attached hydrogens (primary N) is 1. The van der Waals surface area contributed by atoms with Crippen LogP contribution in [0.15, 0.2) is 19.0 Å². The number of nitrogens with one attached hydrogen (secondary N) is 1. The first-order valence-corrected chi connectivity index (χ1v) is 7.54. The summed E-state index contributed by atoms with van der Waals surface area (Å²) >= 11 is 0. The highest BCUT2D eigenvalue weighted by molar-refractivity contribution is 5.76. The normalized spacial score (nSPS) is 15.4. The monoisotopic (exact) mass is 305 g/mol. The molecule has 22 heavy (non-hydrogen) atoms. The number of aromatic nitrogens is 2. The second kappa shape index (κ2) is 7.63. The lowest BCUT2D eigenvalue weighted by Crippen LogP contribution is -2.38. The van der Waals surface area contributed by atoms with E-state index in [2.05, 4.69) is 26.8 Å². The van der Waals surface area contributed by atoms with E-state index in [1.807, 2.05) is 6.92 Å². The largest absolute Gasteiger partial charge is 0.466 e. The molecule has 0 spiro atoms. The summed E-state index contributed by atoms with van der Waals surface area (Å²) in [5.41, 5.74) is 6.67. The zero-order chi connectivity index (χ0) is 15.9. The van der Waals surface area contributed by atoms with Gasteiger partial charge in [0.1, 0.15) is 12.0 Å². The Morgan fingerprint density at radius 1 is 1.55 bits per heavy atom. The first kappa shape index (κ1) is 16.1. The molecule has 1 aliphatic rings. The molecule has 0 saturated carbocycles. The number of piperidine rings is 1. The van der Waals surface area contributed by atoms with Gasteiger partial charge in [-0.05, 0) is 19.8 Å². The molecule has 1 aliphatic heterocycles. The minimum atomic E-state index is -0.105. The number of carbonyl (C=O) groups is 1. The van der Waals surface area contributed by atoms with Crippen LogP contribution in [-0.4, -0.2) is 42.2 Å². The molecule has 0 aliphatic carbocycles. The van der Waals surface area contributed by atoms with Crippen molar-refractivity contribution >= 4 is 23.3 Å². The number of nitrogens with zero attached hydrogens (tertiary/aromatic N) is 3. The molecular weight excluding hydrogens is 282 g/mol. The Labute approximate surface area is 130 Å². The van der Waals surface area contributed by atoms with E-state index in [1.165, 1.54) is 6.33 Å². The Hall–Kier alpha value is -2.31. The van der Waals surface area contributed by atoms with Crippen molar-refractivity contribution in [3.8, 4) is 0 Å². The lowest BCUT2D eigenvalue weighted by molar-refractivity contribution is -0.148. The molecule has 0 aromatic carbocycles. The Morgan fingerprint density at radius 3 is 2.91 bits per heavy atom. The fourth-order valence-corrected chi connectivity index (χ4v) is 2.54. The predicted octanol–water partition coefficient (Wildman–Crippen LogP) is 1.44. The zero-order valence-corrected chi connectivity index (χ0v) is 12.9. The van der Waals surface area contributed by atoms with Crippen molar-refractivity contribution < 1.29 is 9.53 Å². The maximum absolute atomic E-state index is 11.8. The van der Waals surface area contributed by atoms with E-state index in [4.69, 9.17) is 10.5 Å². The molecule has 7 nitrogen and oxygen atoms in total. The molecule has 120 valence electrons. The molecule has 1 aromatic rings. The molecular formula is C15H23N5O2. The van der Waals surface area contributed by atoms with Gasteiger partial charge in [-0.25, -0.2) is 9.97 Å². The maximum Gasteiger partial charge on any atom is 0.309 e. The smallest absolute Gasteiger partial charge is 0.309 e. The first-order valence-electron chi connectivity index (χ1n) is 7.54. The van der Waals surface area contributed by atoms with E-state index in [9.17, 15) is 4.79 Å². The van der Waals surface area contributed by atoms with Crippen LogP contribution in [0.3, 0.4) is 0 Å². The second-order valence-electron chi connectivity index (χ2n) is 5.14. The Balaban J connectivity index is 2.02. The summed E-state index contributed by atoms with van der Waals surface area (Å²) in [7, 11) is 0. The van der Waals surface area contributed by atoms with Gasteiger partial charge in [0.25, 0.3) is 0 Å². The number of nitrogen functional groups attached to an aromatic ring is 1. The highest BCUT2D eigenvalue weighted by Crippen LogP contribution is 2.29. The van der Waals surface area contributed by atoms with Crippen LogP contribution in [0.4, 0.5) is 17.3 Å². The van der Waals surface area contributed by atoms with E-state index >= 15 is 0 Å². The van der Waals surface area contributed by atoms with Crippen molar-refractivity contribution in [1.29, 1.82) is 0 Å². The molecule has 2 rings (SSSR count). The van der Waals surface area contributed by atoms with Crippen LogP contribution >= 0.6 is 0 Å². The molecule has 1 saturated heterocycles. The van der Waals surface area contributed by atoms with Crippen LogP contribution in [0.5, 0.6) is 0 Å². The average Bonchev–Trinajstić information content (AvgIpc) is 2.54. The van der Waals surface area contributed by atoms with Crippen molar-refractivity contribution in [2.24, 2.45) is 5.92 Å². The van der Waals surface area contributed by atoms with Gasteiger partial charge in [0.15, 0.2) is 11.6 Å². The van der Waals surface area contributed by atoms with Gasteiger partial charge in [-0.1, -0.05) is 6.08 Å². The third-order valence-corrected chi connectivity index (χ3v) is 3.69. The van der Waals surface area contributed by atoms with Crippen LogP contribution in [0.25, 0.3) is 0 Å². The van der Waals surface area contributed by atoms with E-state index in [-0.39, 0.29) is 11.9 Å². The zero-order valence-electron chi connectivity index (χ0n) is 12.9. The van der Waals surface area contributed by atoms with E-state index in [0.29, 0.717) is 30.5 Å². The molecule has 0 bridgehead atoms. The van der Waals surface area contributed by atoms with Crippen LogP contribution < -0.4 is 16.0 Å². The molecule has 0 radical (unpaired) electrons. The topological polar surface area (TPSA) is 93.4 Å². The summed E-state index contributed by atoms with van der Waals surface area (Å²) in [6.07, 6.45) is 4.73. The molecule has 1 aromatic heterocycles. The highest BCUT2D eigenvalue weighted by atomic mass is 16.5. The van der Waals surface area contributed by atoms with Gasteiger partial charge in [-0.15, -0.1) is 6.58 Å². The standard InChI is InChI=1S/C15H23N5O2/c1-3-7-17-13-12(16)14(19-10-18-13)20-8-5-11(6-9-20)15(21)22-4-2/h3,10-11H,1,4-9,16H2,2H3,(H,17,18,19). The predicted molar refractivity (Wildman–Crippen MR) is 86.7 cm³/mol. The van der Waals surface area contributed by atoms with Crippen molar-refractivity contribution in [3.63, 3.8) is 0 Å². The Morgan fingerprint density at radius 2 is 2.27 bits per heavy atom. The van der Waals surface area contributed by atoms with Crippen molar-refractivity contribution in [3.05, 3.63) is 19.0 Å². The van der Waals surface area contributed by atoms with E-state index in [1.54, 1.807) is 6.08 Å². The van der Waals surface area contributed by atoms with Crippen LogP contribution in [0.2, 0.25) is 0 Å². The first-order chi connectivity index (χ1) is 10.7. The van der Waals surface area contributed by atoms with Gasteiger partial charge in [-0.2, -0.15) is 0 Å². The van der Waals surface area contributed by atoms with Crippen LogP contribution in [0, 0.1) is 5.92 Å². The van der Waals surface area contributed by atoms with E-state index < -0.39 is 0 Å². The lowest BCUT2D eigenvalue weighted by atomic mass is 9.97. The lowest BCUT2D eigenvalue weighted by Gasteiger charge is -2.32. The Kier molecular flexibility index (Phi) is 5.57. The molecule has 0 amide bonds. The van der Waals surface area contributed by atoms with Crippen molar-refractivity contribution in [1.82, 2.24) is 9.97 Å². The van der Waals surface area contributed by atoms with Crippen LogP contribution in [-0.2, 0) is 9.53 Å². The van der Waals surface area contributed by atoms with Gasteiger partial charge in [0.2, 0.25) is 0 Å². The number of ether oxygens (including phenoxy) is 1. The summed E-state index contributed by atoms with van der Waals surface area (Å²) in [4.78, 5) is 22.3. The van der Waals surface area contributed by atoms with Crippen molar-refractivity contribution in [2.75, 3.05) is 42.2 Å². The van der Waals surface area contributed by atoms with Crippen LogP contribution in [0.1, 0.15) is 19.8 Å². The fraction of sp³-hybridized carbons (Fsp3) is 0.533. The molecule has 1 fully saturated rings. The quantitative estimate of drug-likeness (QED) is 0.606. The number of esters is 1. The summed E-state index contributed by atoms with van der Waals surface area (Å²) in [5.74, 6) is 1.19. The third-order valence-electron chi connectivity index (χ3n) is 3.69. The van der Waals surface area contributed by atoms with E-state index in [0.717, 1.165) is 25.9 Å². The molecule has 3 N–H and O–H groups in total. The van der Waals surface area contributed by atoms with Gasteiger partial charge >= 0.3 is 5.97 Å². The summed E-state index contributed by atoms with van der Waals surface area (Å²) in [5, 5.41) is 3.09. The fourth-order valence-electron chi connectivity index (χ4n) is 2.54. The van der Waals surface area contributed by atoms with Gasteiger partial charge < -0.3 is 20.7 Å². The number of anilines is 3. The molecule has 2 heterocycles.